The Bertz CT molecular complexity index is 867. The van der Waals surface area contributed by atoms with E-state index in [9.17, 15) is 9.18 Å². The molecule has 0 radical (unpaired) electrons. The highest BCUT2D eigenvalue weighted by atomic mass is 32.2. The number of nitrogens with zero attached hydrogens (tertiary/aromatic N) is 2. The molecule has 3 aromatic rings. The van der Waals surface area contributed by atoms with Crippen LogP contribution in [0.2, 0.25) is 0 Å². The average molecular weight is 353 g/mol. The quantitative estimate of drug-likeness (QED) is 0.694. The smallest absolute Gasteiger partial charge is 0.234 e. The van der Waals surface area contributed by atoms with Gasteiger partial charge in [0.15, 0.2) is 0 Å². The van der Waals surface area contributed by atoms with Gasteiger partial charge < -0.3 is 5.32 Å². The molecule has 0 saturated carbocycles. The first-order valence-corrected chi connectivity index (χ1v) is 8.68. The molecule has 0 fully saturated rings. The number of hydrogen-bond acceptors (Lipinski definition) is 4. The standard InChI is InChI=1S/C19H16FN3OS/c1-13-3-2-4-16(11-13)21-18(24)12-25-19-10-9-17(22-23-19)14-5-7-15(20)8-6-14/h2-11H,12H2,1H3,(H,21,24). The summed E-state index contributed by atoms with van der Waals surface area (Å²) in [7, 11) is 0. The zero-order valence-electron chi connectivity index (χ0n) is 13.6. The van der Waals surface area contributed by atoms with E-state index in [-0.39, 0.29) is 17.5 Å². The third kappa shape index (κ3) is 4.87. The first-order valence-electron chi connectivity index (χ1n) is 7.69. The maximum Gasteiger partial charge on any atom is 0.234 e. The van der Waals surface area contributed by atoms with Crippen LogP contribution in [0, 0.1) is 12.7 Å². The number of thioether (sulfide) groups is 1. The number of rotatable bonds is 5. The topological polar surface area (TPSA) is 54.9 Å². The number of amides is 1. The molecule has 1 heterocycles. The van der Waals surface area contributed by atoms with Crippen molar-refractivity contribution in [2.75, 3.05) is 11.1 Å². The molecule has 1 aromatic heterocycles. The van der Waals surface area contributed by atoms with Gasteiger partial charge in [0, 0.05) is 11.3 Å². The van der Waals surface area contributed by atoms with Crippen molar-refractivity contribution in [1.29, 1.82) is 0 Å². The number of carbonyl (C=O) groups excluding carboxylic acids is 1. The molecule has 0 spiro atoms. The summed E-state index contributed by atoms with van der Waals surface area (Å²) in [5.41, 5.74) is 3.33. The summed E-state index contributed by atoms with van der Waals surface area (Å²) in [6, 6.07) is 17.3. The van der Waals surface area contributed by atoms with Crippen molar-refractivity contribution in [3.8, 4) is 11.3 Å². The SMILES string of the molecule is Cc1cccc(NC(=O)CSc2ccc(-c3ccc(F)cc3)nn2)c1. The van der Waals surface area contributed by atoms with Crippen molar-refractivity contribution in [3.05, 3.63) is 72.0 Å². The van der Waals surface area contributed by atoms with Gasteiger partial charge in [-0.3, -0.25) is 4.79 Å². The second-order valence-corrected chi connectivity index (χ2v) is 6.47. The van der Waals surface area contributed by atoms with Gasteiger partial charge in [0.05, 0.1) is 11.4 Å². The minimum Gasteiger partial charge on any atom is -0.325 e. The van der Waals surface area contributed by atoms with E-state index in [2.05, 4.69) is 15.5 Å². The van der Waals surface area contributed by atoms with Crippen LogP contribution in [-0.4, -0.2) is 21.9 Å². The Labute approximate surface area is 149 Å². The molecule has 25 heavy (non-hydrogen) atoms. The summed E-state index contributed by atoms with van der Waals surface area (Å²) in [4.78, 5) is 12.0. The Morgan fingerprint density at radius 1 is 1.08 bits per heavy atom. The van der Waals surface area contributed by atoms with Crippen LogP contribution < -0.4 is 5.32 Å². The largest absolute Gasteiger partial charge is 0.325 e. The van der Waals surface area contributed by atoms with Crippen LogP contribution in [0.3, 0.4) is 0 Å². The lowest BCUT2D eigenvalue weighted by Gasteiger charge is -2.06. The molecule has 0 bridgehead atoms. The van der Waals surface area contributed by atoms with Gasteiger partial charge in [0.1, 0.15) is 10.8 Å². The lowest BCUT2D eigenvalue weighted by atomic mass is 10.1. The first kappa shape index (κ1) is 17.1. The number of anilines is 1. The second kappa shape index (κ2) is 7.90. The number of nitrogens with one attached hydrogen (secondary N) is 1. The van der Waals surface area contributed by atoms with E-state index in [1.54, 1.807) is 24.3 Å². The van der Waals surface area contributed by atoms with Crippen LogP contribution in [0.1, 0.15) is 5.56 Å². The van der Waals surface area contributed by atoms with Gasteiger partial charge >= 0.3 is 0 Å². The summed E-state index contributed by atoms with van der Waals surface area (Å²) < 4.78 is 12.9. The van der Waals surface area contributed by atoms with Crippen molar-refractivity contribution in [3.63, 3.8) is 0 Å². The minimum absolute atomic E-state index is 0.0972. The lowest BCUT2D eigenvalue weighted by molar-refractivity contribution is -0.113. The molecule has 126 valence electrons. The van der Waals surface area contributed by atoms with Gasteiger partial charge in [0.25, 0.3) is 0 Å². The Kier molecular flexibility index (Phi) is 5.40. The summed E-state index contributed by atoms with van der Waals surface area (Å²) in [5, 5.41) is 11.7. The van der Waals surface area contributed by atoms with E-state index in [0.29, 0.717) is 10.7 Å². The normalized spacial score (nSPS) is 10.5. The Hall–Kier alpha value is -2.73. The fourth-order valence-electron chi connectivity index (χ4n) is 2.23. The van der Waals surface area contributed by atoms with Crippen molar-refractivity contribution < 1.29 is 9.18 Å². The predicted octanol–water partition coefficient (Wildman–Crippen LogP) is 4.32. The van der Waals surface area contributed by atoms with Crippen LogP contribution in [0.25, 0.3) is 11.3 Å². The molecule has 2 aromatic carbocycles. The molecular weight excluding hydrogens is 337 g/mol. The van der Waals surface area contributed by atoms with E-state index in [1.807, 2.05) is 31.2 Å². The maximum atomic E-state index is 12.9. The third-order valence-electron chi connectivity index (χ3n) is 3.43. The number of halogens is 1. The van der Waals surface area contributed by atoms with Crippen molar-refractivity contribution in [2.24, 2.45) is 0 Å². The molecular formula is C19H16FN3OS. The minimum atomic E-state index is -0.288. The Morgan fingerprint density at radius 3 is 2.56 bits per heavy atom. The van der Waals surface area contributed by atoms with Gasteiger partial charge in [-0.15, -0.1) is 10.2 Å². The van der Waals surface area contributed by atoms with Gasteiger partial charge in [-0.1, -0.05) is 23.9 Å². The van der Waals surface area contributed by atoms with Crippen LogP contribution in [0.15, 0.2) is 65.7 Å². The van der Waals surface area contributed by atoms with Crippen molar-refractivity contribution >= 4 is 23.4 Å². The van der Waals surface area contributed by atoms with Crippen molar-refractivity contribution in [2.45, 2.75) is 11.9 Å². The van der Waals surface area contributed by atoms with Crippen LogP contribution in [-0.2, 0) is 4.79 Å². The predicted molar refractivity (Wildman–Crippen MR) is 98.0 cm³/mol. The molecule has 3 rings (SSSR count). The van der Waals surface area contributed by atoms with Gasteiger partial charge in [-0.2, -0.15) is 0 Å². The average Bonchev–Trinajstić information content (AvgIpc) is 2.61. The Morgan fingerprint density at radius 2 is 1.88 bits per heavy atom. The van der Waals surface area contributed by atoms with Crippen molar-refractivity contribution in [1.82, 2.24) is 10.2 Å². The first-order chi connectivity index (χ1) is 12.1. The maximum absolute atomic E-state index is 12.9. The molecule has 0 atom stereocenters. The number of benzene rings is 2. The van der Waals surface area contributed by atoms with Crippen LogP contribution >= 0.6 is 11.8 Å². The second-order valence-electron chi connectivity index (χ2n) is 5.47. The highest BCUT2D eigenvalue weighted by molar-refractivity contribution is 7.99. The summed E-state index contributed by atoms with van der Waals surface area (Å²) in [5.74, 6) is -0.137. The van der Waals surface area contributed by atoms with E-state index in [4.69, 9.17) is 0 Å². The number of aromatic nitrogens is 2. The zero-order chi connectivity index (χ0) is 17.6. The summed E-state index contributed by atoms with van der Waals surface area (Å²) >= 11 is 1.31. The van der Waals surface area contributed by atoms with Crippen LogP contribution in [0.4, 0.5) is 10.1 Å². The molecule has 0 unspecified atom stereocenters. The molecule has 1 amide bonds. The van der Waals surface area contributed by atoms with E-state index in [1.165, 1.54) is 23.9 Å². The van der Waals surface area contributed by atoms with Gasteiger partial charge in [-0.05, 0) is 61.0 Å². The number of carbonyl (C=O) groups is 1. The monoisotopic (exact) mass is 353 g/mol. The molecule has 4 nitrogen and oxygen atoms in total. The Balaban J connectivity index is 1.56. The molecule has 0 saturated heterocycles. The highest BCUT2D eigenvalue weighted by Crippen LogP contribution is 2.20. The molecule has 6 heteroatoms. The van der Waals surface area contributed by atoms with E-state index in [0.717, 1.165) is 16.8 Å². The zero-order valence-corrected chi connectivity index (χ0v) is 14.4. The van der Waals surface area contributed by atoms with E-state index < -0.39 is 0 Å². The third-order valence-corrected chi connectivity index (χ3v) is 4.35. The summed E-state index contributed by atoms with van der Waals surface area (Å²) in [6.07, 6.45) is 0. The summed E-state index contributed by atoms with van der Waals surface area (Å²) in [6.45, 7) is 1.97. The molecule has 0 aliphatic carbocycles. The molecule has 0 aliphatic rings. The van der Waals surface area contributed by atoms with E-state index >= 15 is 0 Å². The number of hydrogen-bond donors (Lipinski definition) is 1. The molecule has 1 N–H and O–H groups in total. The van der Waals surface area contributed by atoms with Gasteiger partial charge in [-0.25, -0.2) is 4.39 Å². The van der Waals surface area contributed by atoms with Gasteiger partial charge in [0.2, 0.25) is 5.91 Å². The number of aryl methyl sites for hydroxylation is 1. The highest BCUT2D eigenvalue weighted by Gasteiger charge is 2.06. The van der Waals surface area contributed by atoms with Crippen LogP contribution in [0.5, 0.6) is 0 Å². The fraction of sp³-hybridized carbons (Fsp3) is 0.105. The lowest BCUT2D eigenvalue weighted by Crippen LogP contribution is -2.14. The molecule has 0 aliphatic heterocycles. The fourth-order valence-corrected chi connectivity index (χ4v) is 2.84.